The molecule has 3 rings (SSSR count). The van der Waals surface area contributed by atoms with Crippen LogP contribution in [0.25, 0.3) is 0 Å². The van der Waals surface area contributed by atoms with E-state index in [-0.39, 0.29) is 77.6 Å². The van der Waals surface area contributed by atoms with Crippen molar-refractivity contribution in [3.8, 4) is 0 Å². The lowest BCUT2D eigenvalue weighted by molar-refractivity contribution is -0.149. The molecule has 1 aliphatic heterocycles. The lowest BCUT2D eigenvalue weighted by Crippen LogP contribution is -2.60. The van der Waals surface area contributed by atoms with Crippen molar-refractivity contribution < 1.29 is 33.4 Å². The summed E-state index contributed by atoms with van der Waals surface area (Å²) in [5.41, 5.74) is 1.08. The van der Waals surface area contributed by atoms with Gasteiger partial charge in [0.25, 0.3) is 0 Å². The summed E-state index contributed by atoms with van der Waals surface area (Å²) in [4.78, 5) is 79.8. The molecule has 2 N–H and O–H groups in total. The maximum Gasteiger partial charge on any atom is 0.245 e. The fourth-order valence-corrected chi connectivity index (χ4v) is 9.40. The first kappa shape index (κ1) is 51.5. The minimum absolute atomic E-state index is 0.00883. The van der Waals surface area contributed by atoms with Gasteiger partial charge < -0.3 is 34.8 Å². The number of thiazole rings is 1. The molecule has 5 amide bonds. The molecular weight excluding hydrogens is 793 g/mol. The van der Waals surface area contributed by atoms with Crippen molar-refractivity contribution in [1.29, 1.82) is 0 Å². The first-order valence-electron chi connectivity index (χ1n) is 22.2. The second kappa shape index (κ2) is 24.1. The summed E-state index contributed by atoms with van der Waals surface area (Å²) in [6.07, 6.45) is 3.25. The Hall–Kier alpha value is -3.88. The Balaban J connectivity index is 1.81. The minimum Gasteiger partial charge on any atom is -0.379 e. The number of nitrogens with one attached hydrogen (secondary N) is 2. The van der Waals surface area contributed by atoms with Crippen LogP contribution >= 0.6 is 11.3 Å². The summed E-state index contributed by atoms with van der Waals surface area (Å²) < 4.78 is 12.1. The van der Waals surface area contributed by atoms with Gasteiger partial charge >= 0.3 is 0 Å². The molecule has 1 fully saturated rings. The summed E-state index contributed by atoms with van der Waals surface area (Å²) in [6, 6.07) is 7.17. The fraction of sp³-hybridized carbons (Fsp3) is 0.702. The molecule has 10 atom stereocenters. The predicted molar refractivity (Wildman–Crippen MR) is 241 cm³/mol. The van der Waals surface area contributed by atoms with Crippen LogP contribution in [0.15, 0.2) is 41.9 Å². The molecule has 1 aromatic carbocycles. The zero-order valence-electron chi connectivity index (χ0n) is 39.3. The lowest BCUT2D eigenvalue weighted by Gasteiger charge is -2.41. The first-order valence-corrected chi connectivity index (χ1v) is 23.1. The number of likely N-dealkylation sites (N-methyl/N-ethyl adjacent to an activating group) is 2. The number of carbonyl (C=O) groups excluding carboxylic acids is 5. The minimum atomic E-state index is -0.884. The van der Waals surface area contributed by atoms with Gasteiger partial charge in [0.15, 0.2) is 0 Å². The van der Waals surface area contributed by atoms with Gasteiger partial charge in [0.05, 0.1) is 42.7 Å². The smallest absolute Gasteiger partial charge is 0.245 e. The Labute approximate surface area is 370 Å². The van der Waals surface area contributed by atoms with Gasteiger partial charge in [0.1, 0.15) is 17.1 Å². The zero-order valence-corrected chi connectivity index (χ0v) is 40.2. The normalized spacial score (nSPS) is 18.8. The third-order valence-corrected chi connectivity index (χ3v) is 13.8. The molecule has 0 spiro atoms. The Morgan fingerprint density at radius 2 is 1.49 bits per heavy atom. The summed E-state index contributed by atoms with van der Waals surface area (Å²) in [6.45, 7) is 19.8. The van der Waals surface area contributed by atoms with Gasteiger partial charge in [-0.2, -0.15) is 0 Å². The van der Waals surface area contributed by atoms with E-state index in [1.54, 1.807) is 39.4 Å². The van der Waals surface area contributed by atoms with Crippen LogP contribution < -0.4 is 10.6 Å². The summed E-state index contributed by atoms with van der Waals surface area (Å²) in [7, 11) is 6.52. The Morgan fingerprint density at radius 1 is 0.836 bits per heavy atom. The Morgan fingerprint density at radius 3 is 2.02 bits per heavy atom. The number of carbonyl (C=O) groups is 5. The van der Waals surface area contributed by atoms with Crippen LogP contribution in [-0.2, 0) is 39.9 Å². The average Bonchev–Trinajstić information content (AvgIpc) is 3.95. The molecular formula is C47H76N6O7S. The number of likely N-dealkylation sites (tertiary alicyclic amines) is 1. The molecule has 14 heteroatoms. The maximum atomic E-state index is 14.5. The van der Waals surface area contributed by atoms with E-state index in [0.29, 0.717) is 25.8 Å². The van der Waals surface area contributed by atoms with Gasteiger partial charge in [-0.3, -0.25) is 24.0 Å². The number of nitrogens with zero attached hydrogens (tertiary/aromatic N) is 4. The molecule has 0 aliphatic carbocycles. The standard InChI is InChI=1S/C47H76N6O7S/c1-15-31(8)41(52(12)47(58)39(29(4)5)50-44(56)40(30(6)7)51(11)46(57)32(9)28(2)3)37(59-13)27-38(54)53-24-19-22-36(53)42(60-14)33(10)43(55)49-35(45-48-23-25-61-45)26-34-20-17-16-18-21-34/h16-18,20-21,23,25,28-33,35-37,39-42H,15,19,22,24,26-27H2,1-14H3,(H,49,55)(H,50,56)/t31-,32-,33+,35-,36-,37+,39-,40-,41-,42+/m0/s1. The number of benzene rings is 1. The highest BCUT2D eigenvalue weighted by Gasteiger charge is 2.44. The molecule has 61 heavy (non-hydrogen) atoms. The van der Waals surface area contributed by atoms with E-state index in [0.717, 1.165) is 17.0 Å². The van der Waals surface area contributed by atoms with Crippen molar-refractivity contribution in [2.45, 2.75) is 144 Å². The van der Waals surface area contributed by atoms with Crippen LogP contribution in [0.1, 0.15) is 112 Å². The molecule has 0 bridgehead atoms. The second-order valence-corrected chi connectivity index (χ2v) is 19.0. The monoisotopic (exact) mass is 869 g/mol. The van der Waals surface area contributed by atoms with Crippen LogP contribution in [0.5, 0.6) is 0 Å². The third-order valence-electron chi connectivity index (χ3n) is 12.9. The predicted octanol–water partition coefficient (Wildman–Crippen LogP) is 6.38. The zero-order chi connectivity index (χ0) is 45.7. The van der Waals surface area contributed by atoms with Gasteiger partial charge in [-0.05, 0) is 48.5 Å². The number of methoxy groups -OCH3 is 2. The van der Waals surface area contributed by atoms with E-state index in [4.69, 9.17) is 9.47 Å². The van der Waals surface area contributed by atoms with Crippen molar-refractivity contribution in [1.82, 2.24) is 30.3 Å². The molecule has 0 radical (unpaired) electrons. The van der Waals surface area contributed by atoms with E-state index in [1.165, 1.54) is 16.2 Å². The van der Waals surface area contributed by atoms with E-state index >= 15 is 0 Å². The number of ether oxygens (including phenoxy) is 2. The van der Waals surface area contributed by atoms with Crippen LogP contribution in [-0.4, -0.2) is 120 Å². The van der Waals surface area contributed by atoms with E-state index in [1.807, 2.05) is 110 Å². The van der Waals surface area contributed by atoms with Crippen molar-refractivity contribution >= 4 is 40.9 Å². The molecule has 0 unspecified atom stereocenters. The van der Waals surface area contributed by atoms with Crippen LogP contribution in [0.3, 0.4) is 0 Å². The maximum absolute atomic E-state index is 14.5. The highest BCUT2D eigenvalue weighted by Crippen LogP contribution is 2.31. The molecule has 1 aliphatic rings. The summed E-state index contributed by atoms with van der Waals surface area (Å²) in [5.74, 6) is -2.39. The van der Waals surface area contributed by atoms with E-state index in [9.17, 15) is 24.0 Å². The Bertz CT molecular complexity index is 1690. The quantitative estimate of drug-likeness (QED) is 0.131. The van der Waals surface area contributed by atoms with Crippen LogP contribution in [0.4, 0.5) is 0 Å². The SMILES string of the molecule is CC[C@H](C)[C@@H]([C@@H](CC(=O)N1CCC[C@H]1[C@H](OC)[C@@H](C)C(=O)N[C@@H](Cc1ccccc1)c1nccs1)OC)N(C)C(=O)[C@@H](NC(=O)[C@H](C(C)C)N(C)C(=O)[C@@H](C)C(C)C)C(C)C. The lowest BCUT2D eigenvalue weighted by atomic mass is 9.89. The molecule has 2 aromatic rings. The summed E-state index contributed by atoms with van der Waals surface area (Å²) >= 11 is 1.50. The second-order valence-electron chi connectivity index (χ2n) is 18.1. The Kier molecular flexibility index (Phi) is 20.3. The third kappa shape index (κ3) is 13.3. The number of hydrogen-bond acceptors (Lipinski definition) is 9. The number of aromatic nitrogens is 1. The fourth-order valence-electron chi connectivity index (χ4n) is 8.71. The van der Waals surface area contributed by atoms with Crippen molar-refractivity contribution in [3.63, 3.8) is 0 Å². The first-order chi connectivity index (χ1) is 28.8. The van der Waals surface area contributed by atoms with E-state index < -0.39 is 36.3 Å². The molecule has 13 nitrogen and oxygen atoms in total. The van der Waals surface area contributed by atoms with Gasteiger partial charge in [-0.1, -0.05) is 106 Å². The molecule has 2 heterocycles. The molecule has 1 saturated heterocycles. The molecule has 1 aromatic heterocycles. The number of hydrogen-bond donors (Lipinski definition) is 2. The number of amides is 5. The van der Waals surface area contributed by atoms with Gasteiger partial charge in [0.2, 0.25) is 29.5 Å². The van der Waals surface area contributed by atoms with Crippen molar-refractivity contribution in [2.75, 3.05) is 34.9 Å². The van der Waals surface area contributed by atoms with Gasteiger partial charge in [-0.25, -0.2) is 4.98 Å². The average molecular weight is 869 g/mol. The topological polar surface area (TPSA) is 150 Å². The van der Waals surface area contributed by atoms with Gasteiger partial charge in [-0.15, -0.1) is 11.3 Å². The highest BCUT2D eigenvalue weighted by atomic mass is 32.1. The van der Waals surface area contributed by atoms with Crippen molar-refractivity contribution in [2.24, 2.45) is 35.5 Å². The van der Waals surface area contributed by atoms with Gasteiger partial charge in [0, 0.05) is 52.4 Å². The molecule has 0 saturated carbocycles. The van der Waals surface area contributed by atoms with Crippen LogP contribution in [0.2, 0.25) is 0 Å². The van der Waals surface area contributed by atoms with Crippen LogP contribution in [0, 0.1) is 35.5 Å². The largest absolute Gasteiger partial charge is 0.379 e. The highest BCUT2D eigenvalue weighted by molar-refractivity contribution is 7.09. The van der Waals surface area contributed by atoms with Crippen molar-refractivity contribution in [3.05, 3.63) is 52.5 Å². The summed E-state index contributed by atoms with van der Waals surface area (Å²) in [5, 5.41) is 8.97. The van der Waals surface area contributed by atoms with E-state index in [2.05, 4.69) is 15.6 Å². The number of rotatable bonds is 23. The molecule has 342 valence electrons.